The van der Waals surface area contributed by atoms with Gasteiger partial charge in [0.2, 0.25) is 0 Å². The van der Waals surface area contributed by atoms with Gasteiger partial charge >= 0.3 is 0 Å². The molecule has 4 aromatic rings. The first-order valence-corrected chi connectivity index (χ1v) is 12.2. The van der Waals surface area contributed by atoms with Gasteiger partial charge in [-0.15, -0.1) is 20.4 Å². The largest absolute Gasteiger partial charge is 0.380 e. The third-order valence-corrected chi connectivity index (χ3v) is 6.37. The quantitative estimate of drug-likeness (QED) is 0.207. The topological polar surface area (TPSA) is 202 Å². The van der Waals surface area contributed by atoms with Crippen LogP contribution in [0.2, 0.25) is 0 Å². The molecule has 0 unspecified atom stereocenters. The van der Waals surface area contributed by atoms with E-state index in [9.17, 15) is 0 Å². The van der Waals surface area contributed by atoms with Crippen LogP contribution in [0.1, 0.15) is 0 Å². The summed E-state index contributed by atoms with van der Waals surface area (Å²) < 4.78 is 0. The monoisotopic (exact) mass is 528 g/mol. The molecule has 2 aliphatic heterocycles. The molecule has 0 atom stereocenters. The number of hydrazone groups is 2. The molecule has 12 nitrogen and oxygen atoms in total. The van der Waals surface area contributed by atoms with Crippen LogP contribution in [0.25, 0.3) is 33.0 Å². The van der Waals surface area contributed by atoms with E-state index >= 15 is 0 Å². The fourth-order valence-electron chi connectivity index (χ4n) is 4.45. The molecule has 40 heavy (non-hydrogen) atoms. The maximum Gasteiger partial charge on any atom is 0.177 e. The second-order valence-electron chi connectivity index (χ2n) is 8.95. The Bertz CT molecular complexity index is 1670. The summed E-state index contributed by atoms with van der Waals surface area (Å²) >= 11 is 0. The Balaban J connectivity index is 1.33. The molecule has 0 spiro atoms. The maximum atomic E-state index is 5.80. The predicted molar refractivity (Wildman–Crippen MR) is 163 cm³/mol. The first kappa shape index (κ1) is 24.3. The molecule has 6 rings (SSSR count). The number of benzene rings is 4. The Labute approximate surface area is 228 Å². The summed E-state index contributed by atoms with van der Waals surface area (Å²) in [5.41, 5.74) is 35.6. The second-order valence-corrected chi connectivity index (χ2v) is 8.95. The number of hydrogen-bond acceptors (Lipinski definition) is 12. The lowest BCUT2D eigenvalue weighted by atomic mass is 9.92. The molecule has 196 valence electrons. The van der Waals surface area contributed by atoms with Gasteiger partial charge in [-0.3, -0.25) is 10.9 Å². The van der Waals surface area contributed by atoms with Gasteiger partial charge in [0.25, 0.3) is 0 Å². The summed E-state index contributed by atoms with van der Waals surface area (Å²) in [6, 6.07) is 28.4. The summed E-state index contributed by atoms with van der Waals surface area (Å²) in [4.78, 5) is 0. The van der Waals surface area contributed by atoms with Gasteiger partial charge in [-0.1, -0.05) is 60.7 Å². The molecule has 0 aromatic heterocycles. The zero-order valence-corrected chi connectivity index (χ0v) is 21.1. The van der Waals surface area contributed by atoms with Gasteiger partial charge in [0.15, 0.2) is 34.8 Å². The summed E-state index contributed by atoms with van der Waals surface area (Å²) in [6.07, 6.45) is 0. The Morgan fingerprint density at radius 2 is 0.875 bits per heavy atom. The van der Waals surface area contributed by atoms with Crippen LogP contribution < -0.4 is 33.8 Å². The van der Waals surface area contributed by atoms with Crippen molar-refractivity contribution in [2.75, 3.05) is 10.9 Å². The molecule has 0 bridgehead atoms. The highest BCUT2D eigenvalue weighted by atomic mass is 15.4. The first-order valence-electron chi connectivity index (χ1n) is 12.2. The molecule has 0 amide bonds. The fraction of sp³-hybridized carbons (Fsp3) is 0. The number of nitrogens with two attached hydrogens (primary N) is 4. The number of nitrogens with one attached hydrogen (secondary N) is 2. The van der Waals surface area contributed by atoms with Gasteiger partial charge in [0, 0.05) is 0 Å². The van der Waals surface area contributed by atoms with Gasteiger partial charge < -0.3 is 22.9 Å². The van der Waals surface area contributed by atoms with Crippen molar-refractivity contribution >= 4 is 56.9 Å². The maximum absolute atomic E-state index is 5.80. The van der Waals surface area contributed by atoms with Crippen LogP contribution in [0.15, 0.2) is 116 Å². The lowest BCUT2D eigenvalue weighted by molar-refractivity contribution is 1.25. The minimum absolute atomic E-state index is 0.170. The number of anilines is 2. The summed E-state index contributed by atoms with van der Waals surface area (Å²) in [5.74, 6) is 0.681. The SMILES string of the molecule is NC1=NN=C(N)C1=NNc1cccc(-c2ccc(-c3cccc(NN=C4C(N)=NN=C4N)c3)c3ccccc23)c1. The highest BCUT2D eigenvalue weighted by Crippen LogP contribution is 2.37. The predicted octanol–water partition coefficient (Wildman–Crippen LogP) is 3.00. The zero-order valence-electron chi connectivity index (χ0n) is 21.1. The highest BCUT2D eigenvalue weighted by molar-refractivity contribution is 6.69. The number of amidine groups is 4. The van der Waals surface area contributed by atoms with E-state index in [0.29, 0.717) is 11.4 Å². The Morgan fingerprint density at radius 1 is 0.475 bits per heavy atom. The summed E-state index contributed by atoms with van der Waals surface area (Å²) in [6.45, 7) is 0. The van der Waals surface area contributed by atoms with Crippen LogP contribution in [-0.4, -0.2) is 34.8 Å². The van der Waals surface area contributed by atoms with Crippen LogP contribution >= 0.6 is 0 Å². The zero-order chi connectivity index (χ0) is 27.6. The Morgan fingerprint density at radius 3 is 1.27 bits per heavy atom. The molecule has 0 saturated heterocycles. The molecule has 0 saturated carbocycles. The number of rotatable bonds is 6. The smallest absolute Gasteiger partial charge is 0.177 e. The summed E-state index contributed by atoms with van der Waals surface area (Å²) in [5, 5.41) is 25.7. The minimum Gasteiger partial charge on any atom is -0.380 e. The van der Waals surface area contributed by atoms with Crippen LogP contribution in [0.4, 0.5) is 11.4 Å². The molecule has 4 aromatic carbocycles. The second kappa shape index (κ2) is 10.0. The van der Waals surface area contributed by atoms with Crippen molar-refractivity contribution in [1.29, 1.82) is 0 Å². The van der Waals surface area contributed by atoms with E-state index < -0.39 is 0 Å². The molecular formula is C28H24N12. The van der Waals surface area contributed by atoms with E-state index in [2.05, 4.69) is 77.9 Å². The van der Waals surface area contributed by atoms with Crippen LogP contribution in [0, 0.1) is 0 Å². The molecule has 0 fully saturated rings. The minimum atomic E-state index is 0.170. The third-order valence-electron chi connectivity index (χ3n) is 6.37. The molecule has 12 heteroatoms. The van der Waals surface area contributed by atoms with Crippen molar-refractivity contribution in [3.8, 4) is 22.3 Å². The van der Waals surface area contributed by atoms with Gasteiger partial charge in [-0.25, -0.2) is 0 Å². The van der Waals surface area contributed by atoms with E-state index in [0.717, 1.165) is 44.4 Å². The van der Waals surface area contributed by atoms with Crippen LogP contribution in [-0.2, 0) is 0 Å². The molecule has 0 aliphatic carbocycles. The van der Waals surface area contributed by atoms with Gasteiger partial charge in [-0.2, -0.15) is 10.2 Å². The molecule has 2 heterocycles. The van der Waals surface area contributed by atoms with Crippen LogP contribution in [0.5, 0.6) is 0 Å². The van der Waals surface area contributed by atoms with E-state index in [4.69, 9.17) is 22.9 Å². The Kier molecular flexibility index (Phi) is 6.09. The van der Waals surface area contributed by atoms with Gasteiger partial charge in [-0.05, 0) is 57.3 Å². The van der Waals surface area contributed by atoms with E-state index in [1.54, 1.807) is 0 Å². The number of nitrogens with zero attached hydrogens (tertiary/aromatic N) is 6. The van der Waals surface area contributed by atoms with Crippen molar-refractivity contribution in [1.82, 2.24) is 0 Å². The molecule has 2 aliphatic rings. The van der Waals surface area contributed by atoms with Gasteiger partial charge in [0.05, 0.1) is 11.4 Å². The lowest BCUT2D eigenvalue weighted by Gasteiger charge is -2.14. The van der Waals surface area contributed by atoms with Crippen molar-refractivity contribution in [3.63, 3.8) is 0 Å². The highest BCUT2D eigenvalue weighted by Gasteiger charge is 2.17. The molecule has 10 N–H and O–H groups in total. The average Bonchev–Trinajstić information content (AvgIpc) is 3.48. The van der Waals surface area contributed by atoms with Crippen LogP contribution in [0.3, 0.4) is 0 Å². The van der Waals surface area contributed by atoms with Gasteiger partial charge in [0.1, 0.15) is 0 Å². The van der Waals surface area contributed by atoms with Crippen molar-refractivity contribution in [3.05, 3.63) is 84.9 Å². The normalized spacial score (nSPS) is 14.4. The van der Waals surface area contributed by atoms with E-state index in [1.165, 1.54) is 0 Å². The van der Waals surface area contributed by atoms with Crippen molar-refractivity contribution < 1.29 is 0 Å². The summed E-state index contributed by atoms with van der Waals surface area (Å²) in [7, 11) is 0. The third kappa shape index (κ3) is 4.56. The molecular weight excluding hydrogens is 504 g/mol. The standard InChI is InChI=1S/C28H24N12/c29-25-23(26(30)38-37-25)35-33-17-7-3-5-15(13-17)19-11-12-20(22-10-2-1-9-21(19)22)16-6-4-8-18(14-16)34-36-24-27(31)39-40-28(24)32/h1-14,33-34H,(H4,29,30,35,37,38)(H4,31,32,36,39,40). The fourth-order valence-corrected chi connectivity index (χ4v) is 4.45. The lowest BCUT2D eigenvalue weighted by Crippen LogP contribution is -2.32. The number of fused-ring (bicyclic) bond motifs is 1. The first-order chi connectivity index (χ1) is 19.5. The van der Waals surface area contributed by atoms with E-state index in [-0.39, 0.29) is 23.3 Å². The number of hydrogen-bond donors (Lipinski definition) is 6. The van der Waals surface area contributed by atoms with Crippen molar-refractivity contribution in [2.24, 2.45) is 53.5 Å². The molecule has 0 radical (unpaired) electrons. The van der Waals surface area contributed by atoms with Crippen molar-refractivity contribution in [2.45, 2.75) is 0 Å². The Hall–Kier alpha value is -6.04. The van der Waals surface area contributed by atoms with E-state index in [1.807, 2.05) is 48.5 Å². The average molecular weight is 529 g/mol.